The third kappa shape index (κ3) is 5.50. The molecule has 130 valence electrons. The number of rotatable bonds is 3. The highest BCUT2D eigenvalue weighted by Gasteiger charge is 2.39. The van der Waals surface area contributed by atoms with Crippen molar-refractivity contribution >= 4 is 30.1 Å². The van der Waals surface area contributed by atoms with E-state index in [2.05, 4.69) is 97.7 Å². The van der Waals surface area contributed by atoms with Gasteiger partial charge in [0.15, 0.2) is 0 Å². The molecule has 0 radical (unpaired) electrons. The molecule has 3 rings (SSSR count). The van der Waals surface area contributed by atoms with Crippen LogP contribution in [0.4, 0.5) is 0 Å². The highest BCUT2D eigenvalue weighted by atomic mass is 31.2. The average molecular weight is 356 g/mol. The Morgan fingerprint density at radius 1 is 0.520 bits per heavy atom. The van der Waals surface area contributed by atoms with Crippen LogP contribution in [0.2, 0.25) is 0 Å². The van der Waals surface area contributed by atoms with Gasteiger partial charge in [-0.2, -0.15) is 0 Å². The van der Waals surface area contributed by atoms with Crippen LogP contribution in [0.15, 0.2) is 91.0 Å². The van der Waals surface area contributed by atoms with Crippen LogP contribution in [0.3, 0.4) is 0 Å². The second kappa shape index (κ2) is 8.39. The summed E-state index contributed by atoms with van der Waals surface area (Å²) in [4.78, 5) is 0. The molecule has 0 bridgehead atoms. The molecule has 0 aliphatic heterocycles. The Morgan fingerprint density at radius 3 is 0.920 bits per heavy atom. The van der Waals surface area contributed by atoms with E-state index < -0.39 is 14.2 Å². The fourth-order valence-electron chi connectivity index (χ4n) is 2.63. The van der Waals surface area contributed by atoms with Crippen LogP contribution in [0.1, 0.15) is 0 Å². The first-order valence-electron chi connectivity index (χ1n) is 7.88. The highest BCUT2D eigenvalue weighted by Crippen LogP contribution is 2.51. The summed E-state index contributed by atoms with van der Waals surface area (Å²) < 4.78 is 0. The number of hydrogen-bond acceptors (Lipinski definition) is 4. The van der Waals surface area contributed by atoms with E-state index >= 15 is 0 Å². The molecular formula is C19H22BO4P. The number of hydrogen-bond donors (Lipinski definition) is 4. The van der Waals surface area contributed by atoms with Gasteiger partial charge in [-0.3, -0.25) is 0 Å². The van der Waals surface area contributed by atoms with Gasteiger partial charge >= 0.3 is 6.96 Å². The van der Waals surface area contributed by atoms with Crippen LogP contribution in [0.25, 0.3) is 0 Å². The lowest BCUT2D eigenvalue weighted by molar-refractivity contribution is 0.117. The monoisotopic (exact) mass is 356 g/mol. The molecule has 4 nitrogen and oxygen atoms in total. The second-order valence-corrected chi connectivity index (χ2v) is 9.27. The summed E-state index contributed by atoms with van der Waals surface area (Å²) in [5, 5.41) is 33.3. The Morgan fingerprint density at radius 2 is 0.720 bits per heavy atom. The van der Waals surface area contributed by atoms with E-state index in [1.165, 1.54) is 15.9 Å². The summed E-state index contributed by atoms with van der Waals surface area (Å²) in [5.74, 6) is 0. The zero-order valence-electron chi connectivity index (χ0n) is 14.0. The topological polar surface area (TPSA) is 80.9 Å². The minimum Gasteiger partial charge on any atom is -0.534 e. The summed E-state index contributed by atoms with van der Waals surface area (Å²) in [6.07, 6.45) is 0. The van der Waals surface area contributed by atoms with Crippen molar-refractivity contribution in [1.29, 1.82) is 0 Å². The van der Waals surface area contributed by atoms with E-state index in [-0.39, 0.29) is 0 Å². The van der Waals surface area contributed by atoms with Crippen molar-refractivity contribution in [2.75, 3.05) is 6.66 Å². The Kier molecular flexibility index (Phi) is 6.48. The molecule has 4 N–H and O–H groups in total. The molecule has 0 heterocycles. The zero-order chi connectivity index (χ0) is 18.3. The van der Waals surface area contributed by atoms with E-state index in [1.807, 2.05) is 0 Å². The van der Waals surface area contributed by atoms with Crippen molar-refractivity contribution in [2.45, 2.75) is 0 Å². The van der Waals surface area contributed by atoms with Gasteiger partial charge in [0.2, 0.25) is 0 Å². The maximum Gasteiger partial charge on any atom is 0.521 e. The van der Waals surface area contributed by atoms with E-state index in [4.69, 9.17) is 20.1 Å². The minimum atomic E-state index is -4.00. The molecular weight excluding hydrogens is 334 g/mol. The van der Waals surface area contributed by atoms with Crippen molar-refractivity contribution in [3.05, 3.63) is 91.0 Å². The van der Waals surface area contributed by atoms with E-state index in [9.17, 15) is 0 Å². The first kappa shape index (κ1) is 19.3. The molecule has 0 amide bonds. The Hall–Kier alpha value is -2.01. The lowest BCUT2D eigenvalue weighted by Gasteiger charge is -2.22. The zero-order valence-corrected chi connectivity index (χ0v) is 14.9. The van der Waals surface area contributed by atoms with E-state index in [1.54, 1.807) is 0 Å². The van der Waals surface area contributed by atoms with E-state index in [0.29, 0.717) is 0 Å². The van der Waals surface area contributed by atoms with Gasteiger partial charge in [0.25, 0.3) is 0 Å². The van der Waals surface area contributed by atoms with Crippen LogP contribution < -0.4 is 15.9 Å². The molecule has 0 fully saturated rings. The first-order chi connectivity index (χ1) is 11.8. The van der Waals surface area contributed by atoms with Gasteiger partial charge in [0.1, 0.15) is 23.2 Å². The van der Waals surface area contributed by atoms with Gasteiger partial charge in [0.05, 0.1) is 6.66 Å². The van der Waals surface area contributed by atoms with Gasteiger partial charge < -0.3 is 20.1 Å². The molecule has 0 saturated heterocycles. The molecule has 0 unspecified atom stereocenters. The van der Waals surface area contributed by atoms with Gasteiger partial charge in [-0.15, -0.1) is 0 Å². The Balaban J connectivity index is 0.000000399. The third-order valence-electron chi connectivity index (χ3n) is 3.82. The summed E-state index contributed by atoms with van der Waals surface area (Å²) in [6.45, 7) is -1.59. The fourth-order valence-corrected chi connectivity index (χ4v) is 5.83. The van der Waals surface area contributed by atoms with Crippen molar-refractivity contribution in [3.63, 3.8) is 0 Å². The molecule has 0 saturated carbocycles. The molecule has 0 aliphatic carbocycles. The number of benzene rings is 3. The van der Waals surface area contributed by atoms with Crippen LogP contribution in [0.5, 0.6) is 0 Å². The molecule has 0 atom stereocenters. The summed E-state index contributed by atoms with van der Waals surface area (Å²) in [7, 11) is -1.53. The standard InChI is InChI=1S/C19H18P.BH4O4/c1-20(17-11-5-2-6-12-17,18-13-7-3-8-14-18)19-15-9-4-10-16-19;2-1(3,4)5/h2-16H,1H3;2-5H/q+1;-1. The van der Waals surface area contributed by atoms with E-state index in [0.717, 1.165) is 0 Å². The fraction of sp³-hybridized carbons (Fsp3) is 0.0526. The molecule has 25 heavy (non-hydrogen) atoms. The average Bonchev–Trinajstić information content (AvgIpc) is 2.62. The SMILES string of the molecule is C[P+](c1ccccc1)(c1ccccc1)c1ccccc1.O[B-](O)(O)O. The van der Waals surface area contributed by atoms with Crippen molar-refractivity contribution in [3.8, 4) is 0 Å². The van der Waals surface area contributed by atoms with Crippen LogP contribution in [0, 0.1) is 0 Å². The quantitative estimate of drug-likeness (QED) is 0.417. The predicted octanol–water partition coefficient (Wildman–Crippen LogP) is 1.00. The molecule has 6 heteroatoms. The van der Waals surface area contributed by atoms with Crippen molar-refractivity contribution < 1.29 is 20.1 Å². The largest absolute Gasteiger partial charge is 0.534 e. The molecule has 0 aromatic heterocycles. The van der Waals surface area contributed by atoms with Gasteiger partial charge in [0, 0.05) is 0 Å². The van der Waals surface area contributed by atoms with Gasteiger partial charge in [-0.1, -0.05) is 54.6 Å². The summed E-state index contributed by atoms with van der Waals surface area (Å²) in [6, 6.07) is 32.6. The smallest absolute Gasteiger partial charge is 0.521 e. The molecule has 3 aromatic rings. The predicted molar refractivity (Wildman–Crippen MR) is 106 cm³/mol. The van der Waals surface area contributed by atoms with Crippen molar-refractivity contribution in [1.82, 2.24) is 0 Å². The Labute approximate surface area is 148 Å². The van der Waals surface area contributed by atoms with Gasteiger partial charge in [-0.25, -0.2) is 0 Å². The lowest BCUT2D eigenvalue weighted by Crippen LogP contribution is -2.33. The molecule has 0 aliphatic rings. The normalized spacial score (nSPS) is 11.4. The molecule has 3 aromatic carbocycles. The van der Waals surface area contributed by atoms with Crippen LogP contribution in [-0.2, 0) is 0 Å². The first-order valence-corrected chi connectivity index (χ1v) is 10.1. The summed E-state index contributed by atoms with van der Waals surface area (Å²) >= 11 is 0. The minimum absolute atomic E-state index is 1.43. The maximum atomic E-state index is 7.25. The third-order valence-corrected chi connectivity index (χ3v) is 7.81. The molecule has 0 spiro atoms. The second-order valence-electron chi connectivity index (χ2n) is 5.71. The maximum absolute atomic E-state index is 7.25. The van der Waals surface area contributed by atoms with Gasteiger partial charge in [-0.05, 0) is 36.4 Å². The Bertz CT molecular complexity index is 659. The lowest BCUT2D eigenvalue weighted by atomic mass is 10.1. The van der Waals surface area contributed by atoms with Crippen molar-refractivity contribution in [2.24, 2.45) is 0 Å². The summed E-state index contributed by atoms with van der Waals surface area (Å²) in [5.41, 5.74) is 0. The highest BCUT2D eigenvalue weighted by molar-refractivity contribution is 7.95. The van der Waals surface area contributed by atoms with Crippen LogP contribution in [-0.4, -0.2) is 33.7 Å². The van der Waals surface area contributed by atoms with Crippen LogP contribution >= 0.6 is 7.26 Å².